The van der Waals surface area contributed by atoms with Crippen LogP contribution in [0.25, 0.3) is 0 Å². The van der Waals surface area contributed by atoms with Gasteiger partial charge in [0.25, 0.3) is 0 Å². The molecule has 1 N–H and O–H groups in total. The molecule has 2 fully saturated rings. The lowest BCUT2D eigenvalue weighted by molar-refractivity contribution is -0.120. The summed E-state index contributed by atoms with van der Waals surface area (Å²) in [6, 6.07) is 0.302. The van der Waals surface area contributed by atoms with Gasteiger partial charge in [0.05, 0.1) is 6.61 Å². The van der Waals surface area contributed by atoms with Crippen LogP contribution in [-0.4, -0.2) is 31.0 Å². The normalized spacial score (nSPS) is 28.5. The van der Waals surface area contributed by atoms with E-state index in [0.717, 1.165) is 19.6 Å². The third kappa shape index (κ3) is 3.08. The van der Waals surface area contributed by atoms with Crippen LogP contribution in [0.3, 0.4) is 0 Å². The largest absolute Gasteiger partial charge is 0.381 e. The number of carbonyl (C=O) groups excluding carboxylic acids is 1. The van der Waals surface area contributed by atoms with Gasteiger partial charge in [-0.25, -0.2) is 0 Å². The average Bonchev–Trinajstić information content (AvgIpc) is 3.10. The van der Waals surface area contributed by atoms with Gasteiger partial charge in [-0.15, -0.1) is 11.6 Å². The third-order valence-electron chi connectivity index (χ3n) is 3.28. The van der Waals surface area contributed by atoms with Gasteiger partial charge in [-0.05, 0) is 31.6 Å². The van der Waals surface area contributed by atoms with Crippen molar-refractivity contribution in [2.45, 2.75) is 31.7 Å². The van der Waals surface area contributed by atoms with Crippen molar-refractivity contribution in [2.75, 3.05) is 19.1 Å². The summed E-state index contributed by atoms with van der Waals surface area (Å²) < 4.78 is 5.47. The Labute approximate surface area is 95.5 Å². The van der Waals surface area contributed by atoms with Crippen molar-refractivity contribution in [3.05, 3.63) is 0 Å². The van der Waals surface area contributed by atoms with E-state index in [-0.39, 0.29) is 11.8 Å². The molecule has 0 spiro atoms. The molecule has 1 saturated carbocycles. The topological polar surface area (TPSA) is 38.3 Å². The molecule has 1 heterocycles. The summed E-state index contributed by atoms with van der Waals surface area (Å²) in [7, 11) is 0. The molecule has 0 aromatic rings. The van der Waals surface area contributed by atoms with Gasteiger partial charge in [-0.3, -0.25) is 4.79 Å². The van der Waals surface area contributed by atoms with E-state index in [1.807, 2.05) is 0 Å². The van der Waals surface area contributed by atoms with E-state index >= 15 is 0 Å². The molecule has 0 bridgehead atoms. The minimum atomic E-state index is -0.0425. The van der Waals surface area contributed by atoms with Crippen LogP contribution < -0.4 is 5.32 Å². The maximum absolute atomic E-state index is 11.3. The first-order valence-corrected chi connectivity index (χ1v) is 6.28. The smallest absolute Gasteiger partial charge is 0.235 e. The van der Waals surface area contributed by atoms with Gasteiger partial charge in [0.1, 0.15) is 5.88 Å². The van der Waals surface area contributed by atoms with Crippen molar-refractivity contribution in [3.63, 3.8) is 0 Å². The van der Waals surface area contributed by atoms with E-state index < -0.39 is 0 Å². The lowest BCUT2D eigenvalue weighted by atomic mass is 9.90. The molecular formula is C11H18ClNO2. The maximum atomic E-state index is 11.3. The van der Waals surface area contributed by atoms with E-state index in [0.29, 0.717) is 17.9 Å². The Bertz CT molecular complexity index is 225. The minimum Gasteiger partial charge on any atom is -0.381 e. The first kappa shape index (κ1) is 11.2. The van der Waals surface area contributed by atoms with Crippen molar-refractivity contribution < 1.29 is 9.53 Å². The van der Waals surface area contributed by atoms with E-state index in [2.05, 4.69) is 5.32 Å². The Hall–Kier alpha value is -0.280. The molecule has 1 aliphatic heterocycles. The highest BCUT2D eigenvalue weighted by Gasteiger charge is 2.37. The van der Waals surface area contributed by atoms with Gasteiger partial charge in [0.2, 0.25) is 5.91 Å². The monoisotopic (exact) mass is 231 g/mol. The summed E-state index contributed by atoms with van der Waals surface area (Å²) in [4.78, 5) is 11.3. The summed E-state index contributed by atoms with van der Waals surface area (Å²) in [5.74, 6) is 1.19. The number of hydrogen-bond acceptors (Lipinski definition) is 2. The number of carbonyl (C=O) groups is 1. The number of halogens is 1. The van der Waals surface area contributed by atoms with E-state index in [1.165, 1.54) is 19.3 Å². The SMILES string of the molecule is O=C(CCl)NC(C1CC1)C1CCCOC1. The van der Waals surface area contributed by atoms with Gasteiger partial charge in [0, 0.05) is 18.6 Å². The fraction of sp³-hybridized carbons (Fsp3) is 0.909. The highest BCUT2D eigenvalue weighted by atomic mass is 35.5. The minimum absolute atomic E-state index is 0.0425. The Morgan fingerprint density at radius 1 is 1.40 bits per heavy atom. The average molecular weight is 232 g/mol. The van der Waals surface area contributed by atoms with Gasteiger partial charge in [0.15, 0.2) is 0 Å². The van der Waals surface area contributed by atoms with Crippen LogP contribution in [0.1, 0.15) is 25.7 Å². The number of rotatable bonds is 4. The molecule has 15 heavy (non-hydrogen) atoms. The predicted molar refractivity (Wildman–Crippen MR) is 58.9 cm³/mol. The quantitative estimate of drug-likeness (QED) is 0.746. The molecule has 1 aliphatic carbocycles. The van der Waals surface area contributed by atoms with Crippen LogP contribution in [-0.2, 0) is 9.53 Å². The summed E-state index contributed by atoms with van der Waals surface area (Å²) in [6.45, 7) is 1.67. The summed E-state index contributed by atoms with van der Waals surface area (Å²) in [6.07, 6.45) is 4.77. The Morgan fingerprint density at radius 3 is 2.73 bits per heavy atom. The fourth-order valence-electron chi connectivity index (χ4n) is 2.35. The van der Waals surface area contributed by atoms with Crippen LogP contribution >= 0.6 is 11.6 Å². The van der Waals surface area contributed by atoms with Crippen LogP contribution in [0, 0.1) is 11.8 Å². The molecule has 1 saturated heterocycles. The zero-order chi connectivity index (χ0) is 10.7. The summed E-state index contributed by atoms with van der Waals surface area (Å²) in [5, 5.41) is 3.05. The molecule has 0 aromatic heterocycles. The number of alkyl halides is 1. The molecule has 0 radical (unpaired) electrons. The molecule has 1 amide bonds. The highest BCUT2D eigenvalue weighted by Crippen LogP contribution is 2.37. The molecule has 2 unspecified atom stereocenters. The van der Waals surface area contributed by atoms with Crippen LogP contribution in [0.4, 0.5) is 0 Å². The maximum Gasteiger partial charge on any atom is 0.235 e. The predicted octanol–water partition coefficient (Wildman–Crippen LogP) is 1.55. The van der Waals surface area contributed by atoms with Crippen LogP contribution in [0.15, 0.2) is 0 Å². The molecule has 2 aliphatic rings. The zero-order valence-corrected chi connectivity index (χ0v) is 9.63. The van der Waals surface area contributed by atoms with Crippen molar-refractivity contribution in [1.82, 2.24) is 5.32 Å². The van der Waals surface area contributed by atoms with E-state index in [1.54, 1.807) is 0 Å². The first-order chi connectivity index (χ1) is 7.31. The van der Waals surface area contributed by atoms with Crippen molar-refractivity contribution >= 4 is 17.5 Å². The fourth-order valence-corrected chi connectivity index (χ4v) is 2.43. The van der Waals surface area contributed by atoms with Crippen LogP contribution in [0.2, 0.25) is 0 Å². The molecule has 4 heteroatoms. The lowest BCUT2D eigenvalue weighted by Gasteiger charge is -2.30. The van der Waals surface area contributed by atoms with Gasteiger partial charge in [-0.2, -0.15) is 0 Å². The molecular weight excluding hydrogens is 214 g/mol. The van der Waals surface area contributed by atoms with Crippen molar-refractivity contribution in [1.29, 1.82) is 0 Å². The summed E-state index contributed by atoms with van der Waals surface area (Å²) >= 11 is 5.52. The van der Waals surface area contributed by atoms with Gasteiger partial charge in [-0.1, -0.05) is 0 Å². The first-order valence-electron chi connectivity index (χ1n) is 5.74. The molecule has 2 rings (SSSR count). The Morgan fingerprint density at radius 2 is 2.20 bits per heavy atom. The number of hydrogen-bond donors (Lipinski definition) is 1. The van der Waals surface area contributed by atoms with E-state index in [9.17, 15) is 4.79 Å². The lowest BCUT2D eigenvalue weighted by Crippen LogP contribution is -2.45. The molecule has 3 nitrogen and oxygen atoms in total. The Balaban J connectivity index is 1.89. The Kier molecular flexibility index (Phi) is 3.87. The van der Waals surface area contributed by atoms with Crippen molar-refractivity contribution in [3.8, 4) is 0 Å². The van der Waals surface area contributed by atoms with Gasteiger partial charge < -0.3 is 10.1 Å². The van der Waals surface area contributed by atoms with Gasteiger partial charge >= 0.3 is 0 Å². The van der Waals surface area contributed by atoms with Crippen molar-refractivity contribution in [2.24, 2.45) is 11.8 Å². The zero-order valence-electron chi connectivity index (χ0n) is 8.88. The summed E-state index contributed by atoms with van der Waals surface area (Å²) in [5.41, 5.74) is 0. The second kappa shape index (κ2) is 5.17. The highest BCUT2D eigenvalue weighted by molar-refractivity contribution is 6.27. The number of nitrogens with one attached hydrogen (secondary N) is 1. The number of ether oxygens (including phenoxy) is 1. The second-order valence-electron chi connectivity index (χ2n) is 4.54. The van der Waals surface area contributed by atoms with Crippen LogP contribution in [0.5, 0.6) is 0 Å². The molecule has 0 aromatic carbocycles. The van der Waals surface area contributed by atoms with E-state index in [4.69, 9.17) is 16.3 Å². The molecule has 2 atom stereocenters. The standard InChI is InChI=1S/C11H18ClNO2/c12-6-10(14)13-11(8-3-4-8)9-2-1-5-15-7-9/h8-9,11H,1-7H2,(H,13,14). The third-order valence-corrected chi connectivity index (χ3v) is 3.53. The molecule has 86 valence electrons. The second-order valence-corrected chi connectivity index (χ2v) is 4.81. The number of amides is 1.